The minimum atomic E-state index is -0.120. The van der Waals surface area contributed by atoms with E-state index in [-0.39, 0.29) is 17.5 Å². The molecule has 0 N–H and O–H groups in total. The number of esters is 1. The van der Waals surface area contributed by atoms with Gasteiger partial charge in [0.2, 0.25) is 0 Å². The molecule has 0 unspecified atom stereocenters. The van der Waals surface area contributed by atoms with Crippen LogP contribution in [0.25, 0.3) is 5.57 Å². The van der Waals surface area contributed by atoms with Crippen LogP contribution in [0.15, 0.2) is 42.3 Å². The standard InChI is InChI=1S/C26H33NO2/c1-17(28)29-20-10-12-25(2)19(15-20)6-7-21-23-9-8-22(18-5-4-14-27-16-18)26(23,3)13-11-24(21)25/h4-5,8-9,14,16,19-21,24H,6-7,10-13,15H2,1-3H3/t19-,20-,21-,24-,25-,26+/m0/s1. The average molecular weight is 392 g/mol. The van der Waals surface area contributed by atoms with Crippen molar-refractivity contribution in [1.29, 1.82) is 0 Å². The summed E-state index contributed by atoms with van der Waals surface area (Å²) in [5.41, 5.74) is 4.97. The third-order valence-electron chi connectivity index (χ3n) is 8.97. The summed E-state index contributed by atoms with van der Waals surface area (Å²) >= 11 is 0. The summed E-state index contributed by atoms with van der Waals surface area (Å²) in [4.78, 5) is 15.8. The average Bonchev–Trinajstić information content (AvgIpc) is 3.06. The molecule has 0 aromatic carbocycles. The molecule has 3 saturated carbocycles. The van der Waals surface area contributed by atoms with Gasteiger partial charge in [-0.05, 0) is 85.3 Å². The first-order valence-electron chi connectivity index (χ1n) is 11.4. The first-order chi connectivity index (χ1) is 13.9. The van der Waals surface area contributed by atoms with Crippen LogP contribution in [0.4, 0.5) is 0 Å². The third-order valence-corrected chi connectivity index (χ3v) is 8.97. The predicted molar refractivity (Wildman–Crippen MR) is 115 cm³/mol. The highest BCUT2D eigenvalue weighted by atomic mass is 16.5. The maximum Gasteiger partial charge on any atom is 0.302 e. The van der Waals surface area contributed by atoms with E-state index in [0.717, 1.165) is 18.8 Å². The molecule has 4 aliphatic rings. The largest absolute Gasteiger partial charge is 0.463 e. The fourth-order valence-corrected chi connectivity index (χ4v) is 7.49. The number of ether oxygens (including phenoxy) is 1. The van der Waals surface area contributed by atoms with Crippen molar-refractivity contribution in [2.75, 3.05) is 0 Å². The summed E-state index contributed by atoms with van der Waals surface area (Å²) in [6, 6.07) is 4.26. The maximum atomic E-state index is 11.4. The van der Waals surface area contributed by atoms with E-state index in [1.807, 2.05) is 12.4 Å². The molecular weight excluding hydrogens is 358 g/mol. The normalized spacial score (nSPS) is 40.8. The van der Waals surface area contributed by atoms with Crippen molar-refractivity contribution in [2.45, 2.75) is 71.8 Å². The van der Waals surface area contributed by atoms with Crippen LogP contribution in [0.1, 0.15) is 71.3 Å². The zero-order chi connectivity index (χ0) is 20.2. The van der Waals surface area contributed by atoms with Gasteiger partial charge >= 0.3 is 5.97 Å². The molecule has 3 nitrogen and oxygen atoms in total. The minimum absolute atomic E-state index is 0.120. The maximum absolute atomic E-state index is 11.4. The van der Waals surface area contributed by atoms with E-state index in [2.05, 4.69) is 43.1 Å². The van der Waals surface area contributed by atoms with Crippen LogP contribution in [0, 0.1) is 28.6 Å². The highest BCUT2D eigenvalue weighted by Gasteiger charge is 2.56. The van der Waals surface area contributed by atoms with E-state index in [1.54, 1.807) is 12.5 Å². The molecule has 4 aliphatic carbocycles. The van der Waals surface area contributed by atoms with Crippen LogP contribution in [-0.2, 0) is 9.53 Å². The van der Waals surface area contributed by atoms with Crippen LogP contribution in [0.2, 0.25) is 0 Å². The van der Waals surface area contributed by atoms with Gasteiger partial charge in [-0.3, -0.25) is 9.78 Å². The van der Waals surface area contributed by atoms with Gasteiger partial charge < -0.3 is 4.74 Å². The van der Waals surface area contributed by atoms with Gasteiger partial charge in [0, 0.05) is 24.7 Å². The molecule has 0 amide bonds. The Morgan fingerprint density at radius 1 is 1.14 bits per heavy atom. The van der Waals surface area contributed by atoms with Gasteiger partial charge in [-0.1, -0.05) is 37.6 Å². The van der Waals surface area contributed by atoms with Crippen molar-refractivity contribution in [3.8, 4) is 0 Å². The first-order valence-corrected chi connectivity index (χ1v) is 11.4. The molecule has 1 heterocycles. The first kappa shape index (κ1) is 19.1. The van der Waals surface area contributed by atoms with E-state index in [1.165, 1.54) is 43.2 Å². The summed E-state index contributed by atoms with van der Waals surface area (Å²) in [5.74, 6) is 2.04. The number of nitrogens with zero attached hydrogens (tertiary/aromatic N) is 1. The molecule has 0 bridgehead atoms. The van der Waals surface area contributed by atoms with Gasteiger partial charge in [0.15, 0.2) is 0 Å². The number of fused-ring (bicyclic) bond motifs is 5. The van der Waals surface area contributed by atoms with E-state index < -0.39 is 0 Å². The molecule has 0 saturated heterocycles. The molecule has 0 spiro atoms. The van der Waals surface area contributed by atoms with Crippen molar-refractivity contribution in [3.63, 3.8) is 0 Å². The Morgan fingerprint density at radius 3 is 2.76 bits per heavy atom. The number of rotatable bonds is 2. The molecule has 3 fully saturated rings. The lowest BCUT2D eigenvalue weighted by Crippen LogP contribution is -2.51. The highest BCUT2D eigenvalue weighted by molar-refractivity contribution is 5.78. The SMILES string of the molecule is CC(=O)O[C@H]1CC[C@@]2(C)[C@@H](CC[C@H]3C4=CC=C(c5cccnc5)[C@@]4(C)CC[C@@H]32)C1. The molecule has 1 aromatic heterocycles. The van der Waals surface area contributed by atoms with Gasteiger partial charge in [0.25, 0.3) is 0 Å². The van der Waals surface area contributed by atoms with Gasteiger partial charge in [-0.2, -0.15) is 0 Å². The Bertz CT molecular complexity index is 872. The molecule has 6 atom stereocenters. The van der Waals surface area contributed by atoms with Crippen molar-refractivity contribution in [3.05, 3.63) is 47.8 Å². The van der Waals surface area contributed by atoms with Crippen molar-refractivity contribution >= 4 is 11.5 Å². The van der Waals surface area contributed by atoms with E-state index in [4.69, 9.17) is 4.74 Å². The number of carbonyl (C=O) groups is 1. The Balaban J connectivity index is 1.38. The van der Waals surface area contributed by atoms with Crippen LogP contribution < -0.4 is 0 Å². The second-order valence-corrected chi connectivity index (χ2v) is 10.3. The zero-order valence-electron chi connectivity index (χ0n) is 18.0. The van der Waals surface area contributed by atoms with Crippen LogP contribution in [0.3, 0.4) is 0 Å². The Labute approximate surface area is 174 Å². The molecule has 29 heavy (non-hydrogen) atoms. The van der Waals surface area contributed by atoms with E-state index >= 15 is 0 Å². The summed E-state index contributed by atoms with van der Waals surface area (Å²) in [6.45, 7) is 6.56. The van der Waals surface area contributed by atoms with E-state index in [0.29, 0.717) is 17.3 Å². The van der Waals surface area contributed by atoms with E-state index in [9.17, 15) is 4.79 Å². The molecule has 0 aliphatic heterocycles. The lowest BCUT2D eigenvalue weighted by molar-refractivity contribution is -0.154. The number of aromatic nitrogens is 1. The molecular formula is C26H33NO2. The molecule has 1 aromatic rings. The van der Waals surface area contributed by atoms with Crippen LogP contribution in [0.5, 0.6) is 0 Å². The quantitative estimate of drug-likeness (QED) is 0.583. The summed E-state index contributed by atoms with van der Waals surface area (Å²) in [7, 11) is 0. The van der Waals surface area contributed by atoms with Gasteiger partial charge in [-0.15, -0.1) is 0 Å². The zero-order valence-corrected chi connectivity index (χ0v) is 18.0. The second kappa shape index (κ2) is 6.82. The van der Waals surface area contributed by atoms with Gasteiger partial charge in [0.1, 0.15) is 6.10 Å². The fraction of sp³-hybridized carbons (Fsp3) is 0.615. The number of allylic oxidation sites excluding steroid dienone is 4. The number of carbonyl (C=O) groups excluding carboxylic acids is 1. The molecule has 3 heteroatoms. The summed E-state index contributed by atoms with van der Waals surface area (Å²) in [6.07, 6.45) is 17.2. The van der Waals surface area contributed by atoms with Crippen LogP contribution >= 0.6 is 0 Å². The summed E-state index contributed by atoms with van der Waals surface area (Å²) < 4.78 is 5.61. The topological polar surface area (TPSA) is 39.2 Å². The monoisotopic (exact) mass is 391 g/mol. The van der Waals surface area contributed by atoms with Gasteiger partial charge in [-0.25, -0.2) is 0 Å². The van der Waals surface area contributed by atoms with Crippen molar-refractivity contribution in [1.82, 2.24) is 4.98 Å². The molecule has 154 valence electrons. The fourth-order valence-electron chi connectivity index (χ4n) is 7.49. The smallest absolute Gasteiger partial charge is 0.302 e. The number of hydrogen-bond acceptors (Lipinski definition) is 3. The Kier molecular flexibility index (Phi) is 4.49. The van der Waals surface area contributed by atoms with Crippen LogP contribution in [-0.4, -0.2) is 17.1 Å². The van der Waals surface area contributed by atoms with Crippen molar-refractivity contribution in [2.24, 2.45) is 28.6 Å². The Hall–Kier alpha value is -1.90. The minimum Gasteiger partial charge on any atom is -0.463 e. The highest BCUT2D eigenvalue weighted by Crippen LogP contribution is 2.66. The second-order valence-electron chi connectivity index (χ2n) is 10.3. The third kappa shape index (κ3) is 2.92. The molecule has 0 radical (unpaired) electrons. The Morgan fingerprint density at radius 2 is 2.00 bits per heavy atom. The number of pyridine rings is 1. The lowest BCUT2D eigenvalue weighted by Gasteiger charge is -2.59. The molecule has 5 rings (SSSR count). The van der Waals surface area contributed by atoms with Gasteiger partial charge in [0.05, 0.1) is 0 Å². The lowest BCUT2D eigenvalue weighted by atomic mass is 9.46. The van der Waals surface area contributed by atoms with Crippen molar-refractivity contribution < 1.29 is 9.53 Å². The summed E-state index contributed by atoms with van der Waals surface area (Å²) in [5, 5.41) is 0. The number of hydrogen-bond donors (Lipinski definition) is 0. The predicted octanol–water partition coefficient (Wildman–Crippen LogP) is 5.97.